The van der Waals surface area contributed by atoms with E-state index in [2.05, 4.69) is 20.1 Å². The molecule has 26 heavy (non-hydrogen) atoms. The van der Waals surface area contributed by atoms with E-state index in [0.29, 0.717) is 17.6 Å². The van der Waals surface area contributed by atoms with E-state index in [0.717, 1.165) is 41.1 Å². The molecule has 0 amide bonds. The van der Waals surface area contributed by atoms with Crippen LogP contribution in [0, 0.1) is 13.8 Å². The van der Waals surface area contributed by atoms with E-state index in [1.165, 1.54) is 0 Å². The minimum atomic E-state index is -0.177. The lowest BCUT2D eigenvalue weighted by Gasteiger charge is -2.17. The van der Waals surface area contributed by atoms with Gasteiger partial charge in [0.15, 0.2) is 0 Å². The predicted molar refractivity (Wildman–Crippen MR) is 96.7 cm³/mol. The lowest BCUT2D eigenvalue weighted by molar-refractivity contribution is 0.215. The molecule has 1 aliphatic rings. The lowest BCUT2D eigenvalue weighted by atomic mass is 10.1. The van der Waals surface area contributed by atoms with Crippen molar-refractivity contribution in [3.8, 4) is 17.3 Å². The number of nitrogens with two attached hydrogens (primary N) is 1. The summed E-state index contributed by atoms with van der Waals surface area (Å²) in [7, 11) is 0. The molecule has 1 atom stereocenters. The first kappa shape index (κ1) is 16.5. The normalized spacial score (nSPS) is 15.0. The molecule has 0 aliphatic heterocycles. The van der Waals surface area contributed by atoms with Crippen molar-refractivity contribution in [1.82, 2.24) is 20.1 Å². The topological polar surface area (TPSA) is 100.0 Å². The molecule has 3 aromatic rings. The fourth-order valence-electron chi connectivity index (χ4n) is 2.73. The van der Waals surface area contributed by atoms with Gasteiger partial charge in [-0.05, 0) is 39.2 Å². The van der Waals surface area contributed by atoms with E-state index in [1.807, 2.05) is 45.0 Å². The fraction of sp³-hybridized carbons (Fsp3) is 0.368. The van der Waals surface area contributed by atoms with Gasteiger partial charge in [-0.15, -0.1) is 0 Å². The molecule has 2 heterocycles. The Morgan fingerprint density at radius 2 is 1.85 bits per heavy atom. The van der Waals surface area contributed by atoms with Gasteiger partial charge in [-0.3, -0.25) is 0 Å². The van der Waals surface area contributed by atoms with Crippen molar-refractivity contribution >= 4 is 5.95 Å². The predicted octanol–water partition coefficient (Wildman–Crippen LogP) is 3.74. The van der Waals surface area contributed by atoms with Crippen molar-refractivity contribution in [1.29, 1.82) is 0 Å². The van der Waals surface area contributed by atoms with Gasteiger partial charge in [0.1, 0.15) is 6.10 Å². The zero-order valence-corrected chi connectivity index (χ0v) is 15.1. The quantitative estimate of drug-likeness (QED) is 0.747. The second-order valence-corrected chi connectivity index (χ2v) is 6.71. The molecule has 0 spiro atoms. The zero-order valence-electron chi connectivity index (χ0n) is 15.1. The second kappa shape index (κ2) is 6.40. The molecule has 1 saturated carbocycles. The molecule has 2 aromatic heterocycles. The van der Waals surface area contributed by atoms with Crippen LogP contribution in [0.4, 0.5) is 5.95 Å². The van der Waals surface area contributed by atoms with Gasteiger partial charge in [-0.1, -0.05) is 29.4 Å². The second-order valence-electron chi connectivity index (χ2n) is 6.71. The largest absolute Gasteiger partial charge is 0.469 e. The number of rotatable bonds is 5. The third-order valence-electron chi connectivity index (χ3n) is 4.66. The highest BCUT2D eigenvalue weighted by atomic mass is 16.5. The van der Waals surface area contributed by atoms with Crippen LogP contribution in [-0.4, -0.2) is 20.1 Å². The van der Waals surface area contributed by atoms with Crippen molar-refractivity contribution in [3.63, 3.8) is 0 Å². The fourth-order valence-corrected chi connectivity index (χ4v) is 2.73. The number of nitrogen functional groups attached to an aromatic ring is 1. The first-order valence-corrected chi connectivity index (χ1v) is 8.72. The monoisotopic (exact) mass is 351 g/mol. The van der Waals surface area contributed by atoms with Gasteiger partial charge in [0.05, 0.1) is 0 Å². The molecule has 4 rings (SSSR count). The van der Waals surface area contributed by atoms with Crippen LogP contribution in [0.15, 0.2) is 28.8 Å². The summed E-state index contributed by atoms with van der Waals surface area (Å²) in [4.78, 5) is 12.8. The third kappa shape index (κ3) is 3.24. The number of nitrogens with zero attached hydrogens (tertiary/aromatic N) is 4. The summed E-state index contributed by atoms with van der Waals surface area (Å²) in [6.07, 6.45) is 2.10. The highest BCUT2D eigenvalue weighted by Gasteiger charge is 2.29. The molecule has 0 bridgehead atoms. The Hall–Kier alpha value is -2.96. The van der Waals surface area contributed by atoms with Crippen LogP contribution in [0.5, 0.6) is 5.88 Å². The minimum Gasteiger partial charge on any atom is -0.469 e. The first-order chi connectivity index (χ1) is 12.5. The Morgan fingerprint density at radius 3 is 2.54 bits per heavy atom. The van der Waals surface area contributed by atoms with E-state index in [9.17, 15) is 0 Å². The van der Waals surface area contributed by atoms with Gasteiger partial charge >= 0.3 is 0 Å². The minimum absolute atomic E-state index is 0.177. The number of aryl methyl sites for hydroxylation is 1. The van der Waals surface area contributed by atoms with Crippen molar-refractivity contribution in [2.24, 2.45) is 0 Å². The molecule has 134 valence electrons. The Balaban J connectivity index is 1.50. The highest BCUT2D eigenvalue weighted by molar-refractivity contribution is 5.55. The average molecular weight is 351 g/mol. The summed E-state index contributed by atoms with van der Waals surface area (Å²) in [5, 5.41) is 4.07. The molecular weight excluding hydrogens is 330 g/mol. The number of hydrogen-bond donors (Lipinski definition) is 1. The molecule has 1 aromatic carbocycles. The van der Waals surface area contributed by atoms with Gasteiger partial charge in [0.2, 0.25) is 23.5 Å². The molecular formula is C19H21N5O2. The van der Waals surface area contributed by atoms with Gasteiger partial charge < -0.3 is 15.0 Å². The summed E-state index contributed by atoms with van der Waals surface area (Å²) in [6, 6.07) is 7.95. The Morgan fingerprint density at radius 1 is 1.12 bits per heavy atom. The van der Waals surface area contributed by atoms with Crippen molar-refractivity contribution in [2.75, 3.05) is 5.73 Å². The number of benzene rings is 1. The standard InChI is InChI=1S/C19H21N5O2/c1-10-11(2)21-19(20)23-17(10)25-12(3)13-4-6-14(7-5-13)16-22-18(26-24-16)15-8-9-15/h4-7,12,15H,8-9H2,1-3H3,(H2,20,21,23). The SMILES string of the molecule is Cc1nc(N)nc(OC(C)c2ccc(-c3noc(C4CC4)n3)cc2)c1C. The van der Waals surface area contributed by atoms with Crippen LogP contribution < -0.4 is 10.5 Å². The Kier molecular flexibility index (Phi) is 4.06. The van der Waals surface area contributed by atoms with Crippen molar-refractivity contribution in [2.45, 2.75) is 45.6 Å². The van der Waals surface area contributed by atoms with Crippen LogP contribution in [0.3, 0.4) is 0 Å². The summed E-state index contributed by atoms with van der Waals surface area (Å²) in [6.45, 7) is 5.79. The molecule has 7 heteroatoms. The molecule has 1 unspecified atom stereocenters. The molecule has 1 aliphatic carbocycles. The van der Waals surface area contributed by atoms with Crippen molar-refractivity contribution < 1.29 is 9.26 Å². The smallest absolute Gasteiger partial charge is 0.230 e. The van der Waals surface area contributed by atoms with Crippen molar-refractivity contribution in [3.05, 3.63) is 47.0 Å². The maximum atomic E-state index is 6.00. The van der Waals surface area contributed by atoms with Crippen LogP contribution in [-0.2, 0) is 0 Å². The Bertz CT molecular complexity index is 932. The molecule has 7 nitrogen and oxygen atoms in total. The number of hydrogen-bond acceptors (Lipinski definition) is 7. The summed E-state index contributed by atoms with van der Waals surface area (Å²) < 4.78 is 11.3. The number of aromatic nitrogens is 4. The molecule has 0 saturated heterocycles. The van der Waals surface area contributed by atoms with Gasteiger partial charge in [-0.25, -0.2) is 4.98 Å². The average Bonchev–Trinajstić information content (AvgIpc) is 3.36. The van der Waals surface area contributed by atoms with Gasteiger partial charge in [0, 0.05) is 22.7 Å². The summed E-state index contributed by atoms with van der Waals surface area (Å²) in [5.41, 5.74) is 9.39. The van der Waals surface area contributed by atoms with Gasteiger partial charge in [-0.2, -0.15) is 9.97 Å². The number of anilines is 1. The van der Waals surface area contributed by atoms with Crippen LogP contribution in [0.1, 0.15) is 54.5 Å². The summed E-state index contributed by atoms with van der Waals surface area (Å²) in [5.74, 6) is 2.55. The van der Waals surface area contributed by atoms with E-state index in [1.54, 1.807) is 0 Å². The van der Waals surface area contributed by atoms with Gasteiger partial charge in [0.25, 0.3) is 0 Å². The number of ether oxygens (including phenoxy) is 1. The maximum Gasteiger partial charge on any atom is 0.230 e. The Labute approximate surface area is 151 Å². The zero-order chi connectivity index (χ0) is 18.3. The first-order valence-electron chi connectivity index (χ1n) is 8.72. The van der Waals surface area contributed by atoms with Crippen LogP contribution in [0.25, 0.3) is 11.4 Å². The molecule has 2 N–H and O–H groups in total. The third-order valence-corrected chi connectivity index (χ3v) is 4.66. The molecule has 0 radical (unpaired) electrons. The molecule has 1 fully saturated rings. The van der Waals surface area contributed by atoms with E-state index >= 15 is 0 Å². The van der Waals surface area contributed by atoms with E-state index < -0.39 is 0 Å². The van der Waals surface area contributed by atoms with Crippen LogP contribution >= 0.6 is 0 Å². The van der Waals surface area contributed by atoms with E-state index in [-0.39, 0.29) is 12.1 Å². The maximum absolute atomic E-state index is 6.00. The summed E-state index contributed by atoms with van der Waals surface area (Å²) >= 11 is 0. The lowest BCUT2D eigenvalue weighted by Crippen LogP contribution is -2.09. The highest BCUT2D eigenvalue weighted by Crippen LogP contribution is 2.39. The van der Waals surface area contributed by atoms with Crippen LogP contribution in [0.2, 0.25) is 0 Å². The van der Waals surface area contributed by atoms with E-state index in [4.69, 9.17) is 15.0 Å².